The molecule has 110 valence electrons. The molecule has 4 heteroatoms. The van der Waals surface area contributed by atoms with E-state index in [1.165, 1.54) is 30.4 Å². The van der Waals surface area contributed by atoms with Crippen LogP contribution in [0.3, 0.4) is 0 Å². The molecule has 1 aliphatic rings. The quantitative estimate of drug-likeness (QED) is 0.806. The van der Waals surface area contributed by atoms with Gasteiger partial charge in [-0.25, -0.2) is 4.68 Å². The Bertz CT molecular complexity index is 654. The Kier molecular flexibility index (Phi) is 3.86. The van der Waals surface area contributed by atoms with Crippen LogP contribution in [0.2, 0.25) is 0 Å². The van der Waals surface area contributed by atoms with Crippen molar-refractivity contribution in [3.63, 3.8) is 0 Å². The molecule has 21 heavy (non-hydrogen) atoms. The van der Waals surface area contributed by atoms with Crippen LogP contribution in [-0.2, 0) is 0 Å². The van der Waals surface area contributed by atoms with E-state index in [-0.39, 0.29) is 0 Å². The number of hydrogen-bond acceptors (Lipinski definition) is 3. The van der Waals surface area contributed by atoms with E-state index in [2.05, 4.69) is 36.3 Å². The van der Waals surface area contributed by atoms with Gasteiger partial charge in [0.05, 0.1) is 11.4 Å². The minimum Gasteiger partial charge on any atom is -0.296 e. The molecule has 0 amide bonds. The van der Waals surface area contributed by atoms with E-state index < -0.39 is 0 Å². The summed E-state index contributed by atoms with van der Waals surface area (Å²) in [4.78, 5) is 11.4. The van der Waals surface area contributed by atoms with Crippen LogP contribution >= 0.6 is 0 Å². The van der Waals surface area contributed by atoms with Gasteiger partial charge in [0.1, 0.15) is 5.69 Å². The highest BCUT2D eigenvalue weighted by Crippen LogP contribution is 2.35. The smallest absolute Gasteiger partial charge is 0.172 e. The molecule has 1 saturated carbocycles. The molecule has 4 nitrogen and oxygen atoms in total. The topological polar surface area (TPSA) is 47.8 Å². The van der Waals surface area contributed by atoms with Gasteiger partial charge in [0.25, 0.3) is 0 Å². The number of aromatic nitrogens is 3. The maximum absolute atomic E-state index is 11.4. The molecule has 1 aromatic heterocycles. The van der Waals surface area contributed by atoms with Crippen LogP contribution in [-0.4, -0.2) is 21.3 Å². The lowest BCUT2D eigenvalue weighted by Gasteiger charge is -2.23. The summed E-state index contributed by atoms with van der Waals surface area (Å²) in [5.41, 5.74) is 4.96. The number of carbonyl (C=O) groups excluding carboxylic acids is 1. The third-order valence-electron chi connectivity index (χ3n) is 4.64. The summed E-state index contributed by atoms with van der Waals surface area (Å²) in [7, 11) is 0. The van der Waals surface area contributed by atoms with Crippen molar-refractivity contribution in [3.8, 4) is 5.69 Å². The zero-order valence-electron chi connectivity index (χ0n) is 12.7. The Morgan fingerprint density at radius 2 is 1.95 bits per heavy atom. The zero-order chi connectivity index (χ0) is 14.8. The second-order valence-electron chi connectivity index (χ2n) is 5.94. The molecular weight excluding hydrogens is 262 g/mol. The molecule has 1 aromatic carbocycles. The molecule has 0 bridgehead atoms. The van der Waals surface area contributed by atoms with Gasteiger partial charge in [-0.2, -0.15) is 0 Å². The summed E-state index contributed by atoms with van der Waals surface area (Å²) >= 11 is 0. The average molecular weight is 283 g/mol. The number of benzene rings is 1. The van der Waals surface area contributed by atoms with Gasteiger partial charge < -0.3 is 0 Å². The number of rotatable bonds is 3. The van der Waals surface area contributed by atoms with Crippen LogP contribution in [0.1, 0.15) is 65.3 Å². The maximum atomic E-state index is 11.4. The third-order valence-corrected chi connectivity index (χ3v) is 4.64. The van der Waals surface area contributed by atoms with Crippen molar-refractivity contribution >= 4 is 6.29 Å². The highest BCUT2D eigenvalue weighted by Gasteiger charge is 2.25. The largest absolute Gasteiger partial charge is 0.296 e. The highest BCUT2D eigenvalue weighted by atomic mass is 16.1. The number of aryl methyl sites for hydroxylation is 1. The fourth-order valence-electron chi connectivity index (χ4n) is 3.29. The summed E-state index contributed by atoms with van der Waals surface area (Å²) in [6.07, 6.45) is 6.83. The molecule has 0 saturated heterocycles. The molecule has 0 radical (unpaired) electrons. The summed E-state index contributed by atoms with van der Waals surface area (Å²) in [5, 5.41) is 8.37. The number of nitrogens with zero attached hydrogens (tertiary/aromatic N) is 3. The van der Waals surface area contributed by atoms with Crippen molar-refractivity contribution in [2.75, 3.05) is 0 Å². The first-order chi connectivity index (χ1) is 10.2. The van der Waals surface area contributed by atoms with Gasteiger partial charge in [-0.3, -0.25) is 4.79 Å². The minimum absolute atomic E-state index is 0.397. The van der Waals surface area contributed by atoms with Crippen LogP contribution in [0.4, 0.5) is 0 Å². The monoisotopic (exact) mass is 283 g/mol. The van der Waals surface area contributed by atoms with Gasteiger partial charge in [-0.1, -0.05) is 36.6 Å². The van der Waals surface area contributed by atoms with Crippen LogP contribution in [0, 0.1) is 13.8 Å². The van der Waals surface area contributed by atoms with Gasteiger partial charge in [0.15, 0.2) is 6.29 Å². The van der Waals surface area contributed by atoms with Gasteiger partial charge in [0, 0.05) is 5.92 Å². The first kappa shape index (κ1) is 14.0. The molecule has 3 rings (SSSR count). The Hall–Kier alpha value is -1.97. The molecule has 0 unspecified atom stereocenters. The van der Waals surface area contributed by atoms with Crippen LogP contribution in [0.25, 0.3) is 5.69 Å². The second kappa shape index (κ2) is 5.80. The van der Waals surface area contributed by atoms with E-state index in [9.17, 15) is 4.79 Å². The molecule has 1 aliphatic carbocycles. The van der Waals surface area contributed by atoms with E-state index >= 15 is 0 Å². The van der Waals surface area contributed by atoms with Crippen molar-refractivity contribution in [2.24, 2.45) is 0 Å². The number of carbonyl (C=O) groups is 1. The van der Waals surface area contributed by atoms with E-state index in [1.54, 1.807) is 0 Å². The maximum Gasteiger partial charge on any atom is 0.172 e. The van der Waals surface area contributed by atoms with Gasteiger partial charge in [-0.15, -0.1) is 5.10 Å². The number of hydrogen-bond donors (Lipinski definition) is 0. The van der Waals surface area contributed by atoms with Crippen molar-refractivity contribution in [1.82, 2.24) is 15.0 Å². The molecule has 0 spiro atoms. The van der Waals surface area contributed by atoms with Gasteiger partial charge >= 0.3 is 0 Å². The fourth-order valence-corrected chi connectivity index (χ4v) is 3.29. The van der Waals surface area contributed by atoms with Crippen molar-refractivity contribution in [2.45, 2.75) is 51.9 Å². The van der Waals surface area contributed by atoms with Crippen LogP contribution < -0.4 is 0 Å². The zero-order valence-corrected chi connectivity index (χ0v) is 12.7. The van der Waals surface area contributed by atoms with Crippen molar-refractivity contribution in [3.05, 3.63) is 40.7 Å². The predicted octanol–water partition coefficient (Wildman–Crippen LogP) is 3.74. The SMILES string of the molecule is Cc1cccc(-n2nnc(C=O)c2C2CCCCC2)c1C. The lowest BCUT2D eigenvalue weighted by molar-refractivity contribution is 0.111. The molecule has 0 N–H and O–H groups in total. The fraction of sp³-hybridized carbons (Fsp3) is 0.471. The highest BCUT2D eigenvalue weighted by molar-refractivity contribution is 5.74. The summed E-state index contributed by atoms with van der Waals surface area (Å²) in [5.74, 6) is 0.397. The average Bonchev–Trinajstić information content (AvgIpc) is 2.94. The predicted molar refractivity (Wildman–Crippen MR) is 82.0 cm³/mol. The van der Waals surface area contributed by atoms with Crippen molar-refractivity contribution in [1.29, 1.82) is 0 Å². The minimum atomic E-state index is 0.397. The lowest BCUT2D eigenvalue weighted by atomic mass is 9.86. The normalized spacial score (nSPS) is 16.1. The van der Waals surface area contributed by atoms with Gasteiger partial charge in [0.2, 0.25) is 0 Å². The Labute approximate surface area is 125 Å². The van der Waals surface area contributed by atoms with E-state index in [0.29, 0.717) is 11.6 Å². The standard InChI is InChI=1S/C17H21N3O/c1-12-7-6-10-16(13(12)2)20-17(15(11-21)18-19-20)14-8-4-3-5-9-14/h6-7,10-11,14H,3-5,8-9H2,1-2H3. The van der Waals surface area contributed by atoms with Crippen molar-refractivity contribution < 1.29 is 4.79 Å². The lowest BCUT2D eigenvalue weighted by Crippen LogP contribution is -2.13. The second-order valence-corrected chi connectivity index (χ2v) is 5.94. The van der Waals surface area contributed by atoms with Crippen LogP contribution in [0.5, 0.6) is 0 Å². The Morgan fingerprint density at radius 3 is 2.67 bits per heavy atom. The summed E-state index contributed by atoms with van der Waals surface area (Å²) in [6, 6.07) is 6.18. The van der Waals surface area contributed by atoms with E-state index in [1.807, 2.05) is 10.7 Å². The molecule has 1 heterocycles. The number of aldehydes is 1. The molecular formula is C17H21N3O. The molecule has 1 fully saturated rings. The van der Waals surface area contributed by atoms with E-state index in [4.69, 9.17) is 0 Å². The van der Waals surface area contributed by atoms with Gasteiger partial charge in [-0.05, 0) is 43.9 Å². The first-order valence-electron chi connectivity index (χ1n) is 7.69. The Morgan fingerprint density at radius 1 is 1.19 bits per heavy atom. The molecule has 0 atom stereocenters. The Balaban J connectivity index is 2.12. The molecule has 2 aromatic rings. The van der Waals surface area contributed by atoms with E-state index in [0.717, 1.165) is 30.5 Å². The summed E-state index contributed by atoms with van der Waals surface area (Å²) in [6.45, 7) is 4.19. The van der Waals surface area contributed by atoms with Crippen LogP contribution in [0.15, 0.2) is 18.2 Å². The summed E-state index contributed by atoms with van der Waals surface area (Å²) < 4.78 is 1.89. The first-order valence-corrected chi connectivity index (χ1v) is 7.69. The molecule has 0 aliphatic heterocycles. The third kappa shape index (κ3) is 2.50.